The van der Waals surface area contributed by atoms with Gasteiger partial charge in [-0.3, -0.25) is 4.79 Å². The van der Waals surface area contributed by atoms with E-state index in [2.05, 4.69) is 15.5 Å². The van der Waals surface area contributed by atoms with Crippen LogP contribution in [0.4, 0.5) is 0 Å². The van der Waals surface area contributed by atoms with E-state index in [4.69, 9.17) is 14.0 Å². The third-order valence-corrected chi connectivity index (χ3v) is 5.22. The fourth-order valence-electron chi connectivity index (χ4n) is 3.74. The first kappa shape index (κ1) is 17.0. The molecular formula is C19H23N3O4. The number of para-hydroxylation sites is 1. The van der Waals surface area contributed by atoms with Gasteiger partial charge in [0.25, 0.3) is 0 Å². The van der Waals surface area contributed by atoms with E-state index in [0.717, 1.165) is 25.0 Å². The fraction of sp³-hybridized carbons (Fsp3) is 0.526. The predicted molar refractivity (Wildman–Crippen MR) is 93.6 cm³/mol. The van der Waals surface area contributed by atoms with E-state index < -0.39 is 0 Å². The minimum absolute atomic E-state index is 0.0878. The van der Waals surface area contributed by atoms with Gasteiger partial charge in [0.05, 0.1) is 18.8 Å². The minimum Gasteiger partial charge on any atom is -0.496 e. The normalized spacial score (nSPS) is 24.0. The number of benzene rings is 1. The summed E-state index contributed by atoms with van der Waals surface area (Å²) in [7, 11) is 1.61. The molecule has 4 rings (SSSR count). The van der Waals surface area contributed by atoms with Crippen molar-refractivity contribution in [3.8, 4) is 17.1 Å². The van der Waals surface area contributed by atoms with Gasteiger partial charge < -0.3 is 19.3 Å². The molecule has 1 aromatic heterocycles. The van der Waals surface area contributed by atoms with Crippen LogP contribution in [0.1, 0.15) is 31.6 Å². The van der Waals surface area contributed by atoms with E-state index in [1.807, 2.05) is 24.3 Å². The Labute approximate surface area is 152 Å². The quantitative estimate of drug-likeness (QED) is 0.819. The molecule has 7 nitrogen and oxygen atoms in total. The Hall–Kier alpha value is -2.41. The van der Waals surface area contributed by atoms with Crippen LogP contribution in [0.2, 0.25) is 0 Å². The Morgan fingerprint density at radius 2 is 2.27 bits per heavy atom. The van der Waals surface area contributed by atoms with Crippen LogP contribution in [0.15, 0.2) is 28.8 Å². The summed E-state index contributed by atoms with van der Waals surface area (Å²) in [6.07, 6.45) is 4.09. The van der Waals surface area contributed by atoms with Crippen molar-refractivity contribution in [3.63, 3.8) is 0 Å². The zero-order chi connectivity index (χ0) is 17.9. The molecule has 1 aliphatic heterocycles. The third-order valence-electron chi connectivity index (χ3n) is 5.22. The summed E-state index contributed by atoms with van der Waals surface area (Å²) in [5, 5.41) is 7.14. The van der Waals surface area contributed by atoms with Gasteiger partial charge in [-0.1, -0.05) is 17.3 Å². The zero-order valence-corrected chi connectivity index (χ0v) is 14.8. The van der Waals surface area contributed by atoms with E-state index in [1.54, 1.807) is 7.11 Å². The Morgan fingerprint density at radius 1 is 1.38 bits per heavy atom. The molecule has 1 N–H and O–H groups in total. The van der Waals surface area contributed by atoms with Gasteiger partial charge in [-0.2, -0.15) is 4.98 Å². The first-order valence-corrected chi connectivity index (χ1v) is 9.11. The molecule has 138 valence electrons. The molecule has 2 aromatic rings. The lowest BCUT2D eigenvalue weighted by atomic mass is 9.76. The number of aromatic nitrogens is 2. The van der Waals surface area contributed by atoms with Crippen molar-refractivity contribution in [2.24, 2.45) is 5.92 Å². The SMILES string of the molecule is COc1ccccc1-c1noc(CCCC(=O)N[C@@H]2C[C@H]3OCC[C@@H]23)n1. The molecule has 0 unspecified atom stereocenters. The lowest BCUT2D eigenvalue weighted by Gasteiger charge is -2.39. The van der Waals surface area contributed by atoms with Crippen LogP contribution in [-0.4, -0.2) is 41.9 Å². The molecule has 0 bridgehead atoms. The maximum atomic E-state index is 12.1. The highest BCUT2D eigenvalue weighted by Gasteiger charge is 2.45. The van der Waals surface area contributed by atoms with Gasteiger partial charge in [-0.05, 0) is 31.4 Å². The highest BCUT2D eigenvalue weighted by atomic mass is 16.5. The van der Waals surface area contributed by atoms with E-state index in [-0.39, 0.29) is 11.9 Å². The predicted octanol–water partition coefficient (Wildman–Crippen LogP) is 2.36. The average Bonchev–Trinajstić information content (AvgIpc) is 3.26. The smallest absolute Gasteiger partial charge is 0.226 e. The van der Waals surface area contributed by atoms with E-state index >= 15 is 0 Å². The summed E-state index contributed by atoms with van der Waals surface area (Å²) in [4.78, 5) is 16.5. The van der Waals surface area contributed by atoms with Gasteiger partial charge in [0.15, 0.2) is 0 Å². The fourth-order valence-corrected chi connectivity index (χ4v) is 3.74. The van der Waals surface area contributed by atoms with Crippen LogP contribution in [0.25, 0.3) is 11.4 Å². The Balaban J connectivity index is 1.25. The number of ether oxygens (including phenoxy) is 2. The van der Waals surface area contributed by atoms with Crippen LogP contribution < -0.4 is 10.1 Å². The number of nitrogens with zero attached hydrogens (tertiary/aromatic N) is 2. The number of hydrogen-bond acceptors (Lipinski definition) is 6. The standard InChI is InChI=1S/C19H23N3O4/c1-24-15-6-3-2-5-13(15)19-21-18(26-22-19)8-4-7-17(23)20-14-11-16-12(14)9-10-25-16/h2-3,5-6,12,14,16H,4,7-11H2,1H3,(H,20,23)/t12-,14+,16+/m0/s1. The Bertz CT molecular complexity index is 776. The van der Waals surface area contributed by atoms with Crippen LogP contribution in [0, 0.1) is 5.92 Å². The van der Waals surface area contributed by atoms with E-state index in [9.17, 15) is 4.79 Å². The van der Waals surface area contributed by atoms with Crippen molar-refractivity contribution in [2.75, 3.05) is 13.7 Å². The molecule has 1 amide bonds. The highest BCUT2D eigenvalue weighted by Crippen LogP contribution is 2.38. The summed E-state index contributed by atoms with van der Waals surface area (Å²) in [5.74, 6) is 2.34. The number of nitrogens with one attached hydrogen (secondary N) is 1. The summed E-state index contributed by atoms with van der Waals surface area (Å²) < 4.78 is 16.2. The van der Waals surface area contributed by atoms with Crippen LogP contribution in [0.5, 0.6) is 5.75 Å². The van der Waals surface area contributed by atoms with Gasteiger partial charge in [0.2, 0.25) is 17.6 Å². The van der Waals surface area contributed by atoms with Crippen LogP contribution in [0.3, 0.4) is 0 Å². The second kappa shape index (κ2) is 7.45. The summed E-state index contributed by atoms with van der Waals surface area (Å²) >= 11 is 0. The molecule has 2 fully saturated rings. The number of fused-ring (bicyclic) bond motifs is 1. The second-order valence-corrected chi connectivity index (χ2v) is 6.84. The van der Waals surface area contributed by atoms with Crippen molar-refractivity contribution < 1.29 is 18.8 Å². The number of methoxy groups -OCH3 is 1. The van der Waals surface area contributed by atoms with E-state index in [0.29, 0.717) is 48.7 Å². The molecule has 0 spiro atoms. The first-order valence-electron chi connectivity index (χ1n) is 9.11. The van der Waals surface area contributed by atoms with Crippen molar-refractivity contribution >= 4 is 5.91 Å². The lowest BCUT2D eigenvalue weighted by molar-refractivity contribution is -0.124. The number of rotatable bonds is 7. The van der Waals surface area contributed by atoms with Crippen molar-refractivity contribution in [1.82, 2.24) is 15.5 Å². The van der Waals surface area contributed by atoms with Crippen LogP contribution in [-0.2, 0) is 16.0 Å². The molecule has 3 atom stereocenters. The van der Waals surface area contributed by atoms with Gasteiger partial charge in [-0.25, -0.2) is 0 Å². The number of amides is 1. The van der Waals surface area contributed by atoms with Gasteiger partial charge in [0, 0.05) is 31.4 Å². The van der Waals surface area contributed by atoms with Crippen LogP contribution >= 0.6 is 0 Å². The minimum atomic E-state index is 0.0878. The zero-order valence-electron chi connectivity index (χ0n) is 14.8. The molecule has 2 heterocycles. The first-order chi connectivity index (χ1) is 12.7. The molecule has 0 radical (unpaired) electrons. The number of carbonyl (C=O) groups excluding carboxylic acids is 1. The Kier molecular flexibility index (Phi) is 4.88. The molecular weight excluding hydrogens is 334 g/mol. The average molecular weight is 357 g/mol. The third kappa shape index (κ3) is 3.44. The molecule has 1 saturated heterocycles. The monoisotopic (exact) mass is 357 g/mol. The Morgan fingerprint density at radius 3 is 3.12 bits per heavy atom. The van der Waals surface area contributed by atoms with Gasteiger partial charge in [-0.15, -0.1) is 0 Å². The molecule has 1 aromatic carbocycles. The summed E-state index contributed by atoms with van der Waals surface area (Å²) in [6.45, 7) is 0.827. The lowest BCUT2D eigenvalue weighted by Crippen LogP contribution is -2.53. The van der Waals surface area contributed by atoms with Crippen molar-refractivity contribution in [2.45, 2.75) is 44.2 Å². The molecule has 26 heavy (non-hydrogen) atoms. The number of aryl methyl sites for hydroxylation is 1. The summed E-state index contributed by atoms with van der Waals surface area (Å²) in [6, 6.07) is 7.83. The van der Waals surface area contributed by atoms with Crippen molar-refractivity contribution in [3.05, 3.63) is 30.2 Å². The molecule has 1 aliphatic carbocycles. The van der Waals surface area contributed by atoms with E-state index in [1.165, 1.54) is 0 Å². The molecule has 1 saturated carbocycles. The topological polar surface area (TPSA) is 86.5 Å². The summed E-state index contributed by atoms with van der Waals surface area (Å²) in [5.41, 5.74) is 0.793. The van der Waals surface area contributed by atoms with Gasteiger partial charge >= 0.3 is 0 Å². The van der Waals surface area contributed by atoms with Gasteiger partial charge in [0.1, 0.15) is 5.75 Å². The molecule has 7 heteroatoms. The second-order valence-electron chi connectivity index (χ2n) is 6.84. The largest absolute Gasteiger partial charge is 0.496 e. The maximum absolute atomic E-state index is 12.1. The number of hydrogen-bond donors (Lipinski definition) is 1. The van der Waals surface area contributed by atoms with Crippen molar-refractivity contribution in [1.29, 1.82) is 0 Å². The highest BCUT2D eigenvalue weighted by molar-refractivity contribution is 5.76. The maximum Gasteiger partial charge on any atom is 0.226 e. The molecule has 2 aliphatic rings. The number of carbonyl (C=O) groups is 1.